The van der Waals surface area contributed by atoms with Gasteiger partial charge in [0.05, 0.1) is 7.11 Å². The van der Waals surface area contributed by atoms with E-state index >= 15 is 0 Å². The number of piperidine rings is 1. The minimum absolute atomic E-state index is 0.244. The first-order chi connectivity index (χ1) is 7.79. The lowest BCUT2D eigenvalue weighted by atomic mass is 10.0. The van der Waals surface area contributed by atoms with Crippen molar-refractivity contribution in [2.24, 2.45) is 0 Å². The third-order valence-corrected chi connectivity index (χ3v) is 2.81. The molecule has 0 aromatic carbocycles. The molecule has 1 aromatic rings. The van der Waals surface area contributed by atoms with Gasteiger partial charge in [0.25, 0.3) is 0 Å². The van der Waals surface area contributed by atoms with Gasteiger partial charge >= 0.3 is 5.97 Å². The first kappa shape index (κ1) is 11.1. The molecule has 88 valence electrons. The summed E-state index contributed by atoms with van der Waals surface area (Å²) in [5.41, 5.74) is 0.244. The Morgan fingerprint density at radius 1 is 1.69 bits per heavy atom. The Kier molecular flexibility index (Phi) is 3.56. The van der Waals surface area contributed by atoms with Gasteiger partial charge in [0.2, 0.25) is 0 Å². The van der Waals surface area contributed by atoms with Crippen molar-refractivity contribution in [2.45, 2.75) is 31.7 Å². The number of rotatable bonds is 3. The molecule has 0 aliphatic carbocycles. The van der Waals surface area contributed by atoms with Gasteiger partial charge in [-0.1, -0.05) is 11.6 Å². The maximum Gasteiger partial charge on any atom is 0.360 e. The molecule has 1 aromatic heterocycles. The van der Waals surface area contributed by atoms with Gasteiger partial charge in [-0.3, -0.25) is 0 Å². The van der Waals surface area contributed by atoms with Crippen molar-refractivity contribution in [3.63, 3.8) is 0 Å². The molecule has 1 atom stereocenters. The average molecular weight is 224 g/mol. The van der Waals surface area contributed by atoms with E-state index in [9.17, 15) is 4.79 Å². The van der Waals surface area contributed by atoms with Crippen LogP contribution < -0.4 is 5.32 Å². The van der Waals surface area contributed by atoms with E-state index in [4.69, 9.17) is 4.52 Å². The molecule has 1 saturated heterocycles. The molecule has 0 spiro atoms. The summed E-state index contributed by atoms with van der Waals surface area (Å²) >= 11 is 0. The molecule has 2 heterocycles. The smallest absolute Gasteiger partial charge is 0.360 e. The third kappa shape index (κ3) is 2.61. The molecule has 1 aliphatic heterocycles. The SMILES string of the molecule is COC(=O)c1cc(CC2CCCCN2)on1. The Labute approximate surface area is 94.1 Å². The van der Waals surface area contributed by atoms with Crippen LogP contribution in [0.5, 0.6) is 0 Å². The number of hydrogen-bond acceptors (Lipinski definition) is 5. The summed E-state index contributed by atoms with van der Waals surface area (Å²) in [6.45, 7) is 1.06. The molecule has 1 unspecified atom stereocenters. The van der Waals surface area contributed by atoms with Crippen molar-refractivity contribution in [3.8, 4) is 0 Å². The molecule has 5 heteroatoms. The van der Waals surface area contributed by atoms with Crippen molar-refractivity contribution in [1.29, 1.82) is 0 Å². The quantitative estimate of drug-likeness (QED) is 0.780. The molecule has 1 fully saturated rings. The molecule has 0 saturated carbocycles. The minimum Gasteiger partial charge on any atom is -0.464 e. The van der Waals surface area contributed by atoms with E-state index in [1.165, 1.54) is 20.0 Å². The van der Waals surface area contributed by atoms with Crippen molar-refractivity contribution >= 4 is 5.97 Å². The number of ether oxygens (including phenoxy) is 1. The zero-order valence-corrected chi connectivity index (χ0v) is 9.36. The lowest BCUT2D eigenvalue weighted by molar-refractivity contribution is 0.0589. The normalized spacial score (nSPS) is 20.7. The van der Waals surface area contributed by atoms with Crippen molar-refractivity contribution in [2.75, 3.05) is 13.7 Å². The first-order valence-corrected chi connectivity index (χ1v) is 5.57. The lowest BCUT2D eigenvalue weighted by Crippen LogP contribution is -2.35. The molecule has 5 nitrogen and oxygen atoms in total. The van der Waals surface area contributed by atoms with Crippen LogP contribution in [0.2, 0.25) is 0 Å². The first-order valence-electron chi connectivity index (χ1n) is 5.57. The zero-order valence-electron chi connectivity index (χ0n) is 9.36. The molecule has 0 amide bonds. The number of esters is 1. The Balaban J connectivity index is 1.94. The second-order valence-electron chi connectivity index (χ2n) is 4.02. The number of carbonyl (C=O) groups excluding carboxylic acids is 1. The van der Waals surface area contributed by atoms with Crippen molar-refractivity contribution in [1.82, 2.24) is 10.5 Å². The predicted octanol–water partition coefficient (Wildman–Crippen LogP) is 1.15. The molecular weight excluding hydrogens is 208 g/mol. The van der Waals surface area contributed by atoms with Gasteiger partial charge in [0.15, 0.2) is 5.69 Å². The molecule has 0 bridgehead atoms. The van der Waals surface area contributed by atoms with Crippen LogP contribution in [0.3, 0.4) is 0 Å². The van der Waals surface area contributed by atoms with Crippen LogP contribution in [0.15, 0.2) is 10.6 Å². The monoisotopic (exact) mass is 224 g/mol. The second-order valence-corrected chi connectivity index (χ2v) is 4.02. The number of nitrogens with zero attached hydrogens (tertiary/aromatic N) is 1. The maximum atomic E-state index is 11.2. The summed E-state index contributed by atoms with van der Waals surface area (Å²) < 4.78 is 9.66. The van der Waals surface area contributed by atoms with Crippen LogP contribution in [0.1, 0.15) is 35.5 Å². The molecule has 1 N–H and O–H groups in total. The Bertz CT molecular complexity index is 356. The van der Waals surface area contributed by atoms with E-state index < -0.39 is 5.97 Å². The number of methoxy groups -OCH3 is 1. The van der Waals surface area contributed by atoms with Gasteiger partial charge < -0.3 is 14.6 Å². The zero-order chi connectivity index (χ0) is 11.4. The van der Waals surface area contributed by atoms with E-state index in [1.54, 1.807) is 6.07 Å². The van der Waals surface area contributed by atoms with Crippen LogP contribution >= 0.6 is 0 Å². The average Bonchev–Trinajstić information content (AvgIpc) is 2.78. The van der Waals surface area contributed by atoms with E-state index in [0.29, 0.717) is 6.04 Å². The fourth-order valence-electron chi connectivity index (χ4n) is 1.95. The Morgan fingerprint density at radius 3 is 3.25 bits per heavy atom. The summed E-state index contributed by atoms with van der Waals surface area (Å²) in [7, 11) is 1.33. The summed E-state index contributed by atoms with van der Waals surface area (Å²) in [5.74, 6) is 0.284. The third-order valence-electron chi connectivity index (χ3n) is 2.81. The topological polar surface area (TPSA) is 64.4 Å². The number of nitrogens with one attached hydrogen (secondary N) is 1. The fourth-order valence-corrected chi connectivity index (χ4v) is 1.95. The standard InChI is InChI=1S/C11H16N2O3/c1-15-11(14)10-7-9(16-13-10)6-8-4-2-3-5-12-8/h7-8,12H,2-6H2,1H3. The summed E-state index contributed by atoms with van der Waals surface area (Å²) in [5, 5.41) is 7.09. The lowest BCUT2D eigenvalue weighted by Gasteiger charge is -2.21. The summed E-state index contributed by atoms with van der Waals surface area (Å²) in [6.07, 6.45) is 4.41. The van der Waals surface area contributed by atoms with Crippen LogP contribution in [-0.2, 0) is 11.2 Å². The summed E-state index contributed by atoms with van der Waals surface area (Å²) in [4.78, 5) is 11.2. The van der Waals surface area contributed by atoms with Crippen LogP contribution in [0, 0.1) is 0 Å². The maximum absolute atomic E-state index is 11.2. The molecule has 2 rings (SSSR count). The highest BCUT2D eigenvalue weighted by atomic mass is 16.5. The van der Waals surface area contributed by atoms with Gasteiger partial charge in [0, 0.05) is 18.5 Å². The van der Waals surface area contributed by atoms with Gasteiger partial charge in [-0.05, 0) is 19.4 Å². The molecule has 0 radical (unpaired) electrons. The largest absolute Gasteiger partial charge is 0.464 e. The highest BCUT2D eigenvalue weighted by molar-refractivity contribution is 5.86. The van der Waals surface area contributed by atoms with Crippen LogP contribution in [0.25, 0.3) is 0 Å². The van der Waals surface area contributed by atoms with Crippen LogP contribution in [0.4, 0.5) is 0 Å². The highest BCUT2D eigenvalue weighted by Gasteiger charge is 2.18. The van der Waals surface area contributed by atoms with E-state index in [2.05, 4.69) is 15.2 Å². The van der Waals surface area contributed by atoms with Gasteiger partial charge in [-0.15, -0.1) is 0 Å². The number of aromatic nitrogens is 1. The number of carbonyl (C=O) groups is 1. The van der Waals surface area contributed by atoms with Crippen molar-refractivity contribution in [3.05, 3.63) is 17.5 Å². The van der Waals surface area contributed by atoms with Crippen molar-refractivity contribution < 1.29 is 14.1 Å². The van der Waals surface area contributed by atoms with E-state index in [1.807, 2.05) is 0 Å². The second kappa shape index (κ2) is 5.12. The van der Waals surface area contributed by atoms with Gasteiger partial charge in [-0.25, -0.2) is 4.79 Å². The Morgan fingerprint density at radius 2 is 2.56 bits per heavy atom. The molecule has 1 aliphatic rings. The van der Waals surface area contributed by atoms with E-state index in [0.717, 1.165) is 25.1 Å². The fraction of sp³-hybridized carbons (Fsp3) is 0.636. The van der Waals surface area contributed by atoms with E-state index in [-0.39, 0.29) is 5.69 Å². The van der Waals surface area contributed by atoms with Crippen LogP contribution in [-0.4, -0.2) is 30.8 Å². The summed E-state index contributed by atoms with van der Waals surface area (Å²) in [6, 6.07) is 2.09. The van der Waals surface area contributed by atoms with Gasteiger partial charge in [-0.2, -0.15) is 0 Å². The molecular formula is C11H16N2O3. The minimum atomic E-state index is -0.452. The highest BCUT2D eigenvalue weighted by Crippen LogP contribution is 2.13. The predicted molar refractivity (Wildman–Crippen MR) is 57.2 cm³/mol. The Hall–Kier alpha value is -1.36. The molecule has 16 heavy (non-hydrogen) atoms. The number of hydrogen-bond donors (Lipinski definition) is 1. The van der Waals surface area contributed by atoms with Gasteiger partial charge in [0.1, 0.15) is 5.76 Å².